The van der Waals surface area contributed by atoms with Gasteiger partial charge in [-0.3, -0.25) is 0 Å². The second kappa shape index (κ2) is 12.1. The highest BCUT2D eigenvalue weighted by molar-refractivity contribution is 6.23. The van der Waals surface area contributed by atoms with E-state index in [-0.39, 0.29) is 5.41 Å². The molecule has 0 nitrogen and oxygen atoms in total. The summed E-state index contributed by atoms with van der Waals surface area (Å²) in [5.41, 5.74) is 15.5. The fourth-order valence-electron chi connectivity index (χ4n) is 9.68. The minimum absolute atomic E-state index is 0.0701. The Balaban J connectivity index is 1.08. The van der Waals surface area contributed by atoms with Gasteiger partial charge in [0.2, 0.25) is 0 Å². The van der Waals surface area contributed by atoms with Crippen molar-refractivity contribution in [2.45, 2.75) is 19.3 Å². The zero-order chi connectivity index (χ0) is 36.7. The van der Waals surface area contributed by atoms with Crippen molar-refractivity contribution in [3.8, 4) is 55.6 Å². The standard InChI is InChI=1S/C55H38/c1-55(2)50-26-13-12-18-42(50)45-25-14-24-44-41(31-32-51(55)54(44)45)38-29-27-37-34-39(30-28-36(37)33-38)52-46-20-8-10-22-48(46)53(49-23-11-9-21-47(49)52)43-19-7-6-17-40(43)35-15-4-3-5-16-35/h3-34H,1-2H3. The van der Waals surface area contributed by atoms with Gasteiger partial charge >= 0.3 is 0 Å². The molecule has 10 aromatic carbocycles. The van der Waals surface area contributed by atoms with Crippen LogP contribution in [-0.4, -0.2) is 0 Å². The van der Waals surface area contributed by atoms with Gasteiger partial charge in [-0.2, -0.15) is 0 Å². The molecule has 0 amide bonds. The van der Waals surface area contributed by atoms with Crippen LogP contribution in [0.3, 0.4) is 0 Å². The zero-order valence-corrected chi connectivity index (χ0v) is 31.0. The van der Waals surface area contributed by atoms with Crippen molar-refractivity contribution in [2.24, 2.45) is 0 Å². The Morgan fingerprint density at radius 1 is 0.291 bits per heavy atom. The Kier molecular flexibility index (Phi) is 7.00. The maximum atomic E-state index is 2.39. The lowest BCUT2D eigenvalue weighted by atomic mass is 9.68. The van der Waals surface area contributed by atoms with Crippen LogP contribution in [0.5, 0.6) is 0 Å². The molecular formula is C55H38. The quantitative estimate of drug-likeness (QED) is 0.161. The summed E-state index contributed by atoms with van der Waals surface area (Å²) in [5, 5.41) is 10.3. The van der Waals surface area contributed by atoms with Crippen molar-refractivity contribution >= 4 is 43.1 Å². The molecule has 0 fully saturated rings. The summed E-state index contributed by atoms with van der Waals surface area (Å²) >= 11 is 0. The summed E-state index contributed by atoms with van der Waals surface area (Å²) in [6, 6.07) is 72.1. The normalized spacial score (nSPS) is 13.1. The lowest BCUT2D eigenvalue weighted by Gasteiger charge is -2.35. The van der Waals surface area contributed by atoms with Crippen molar-refractivity contribution in [1.82, 2.24) is 0 Å². The molecule has 0 bridgehead atoms. The van der Waals surface area contributed by atoms with E-state index < -0.39 is 0 Å². The molecule has 0 N–H and O–H groups in total. The summed E-state index contributed by atoms with van der Waals surface area (Å²) in [6.07, 6.45) is 0. The van der Waals surface area contributed by atoms with E-state index in [0.717, 1.165) is 0 Å². The highest BCUT2D eigenvalue weighted by Gasteiger charge is 2.33. The van der Waals surface area contributed by atoms with Crippen LogP contribution in [0.25, 0.3) is 98.7 Å². The maximum Gasteiger partial charge on any atom is 0.0159 e. The summed E-state index contributed by atoms with van der Waals surface area (Å²) in [6.45, 7) is 4.74. The van der Waals surface area contributed by atoms with E-state index in [2.05, 4.69) is 208 Å². The molecule has 258 valence electrons. The van der Waals surface area contributed by atoms with Crippen LogP contribution in [0.1, 0.15) is 25.0 Å². The molecule has 0 atom stereocenters. The van der Waals surface area contributed by atoms with Gasteiger partial charge in [-0.1, -0.05) is 196 Å². The number of fused-ring (bicyclic) bond motifs is 5. The number of benzene rings is 10. The summed E-state index contributed by atoms with van der Waals surface area (Å²) in [5.74, 6) is 0. The van der Waals surface area contributed by atoms with Crippen LogP contribution < -0.4 is 0 Å². The molecule has 1 aliphatic carbocycles. The zero-order valence-electron chi connectivity index (χ0n) is 31.0. The first-order valence-electron chi connectivity index (χ1n) is 19.4. The molecule has 10 aromatic rings. The molecule has 0 spiro atoms. The van der Waals surface area contributed by atoms with Crippen LogP contribution in [0.15, 0.2) is 194 Å². The van der Waals surface area contributed by atoms with E-state index >= 15 is 0 Å². The van der Waals surface area contributed by atoms with Gasteiger partial charge in [-0.25, -0.2) is 0 Å². The van der Waals surface area contributed by atoms with Crippen molar-refractivity contribution in [2.75, 3.05) is 0 Å². The second-order valence-corrected chi connectivity index (χ2v) is 15.6. The molecule has 0 radical (unpaired) electrons. The lowest BCUT2D eigenvalue weighted by molar-refractivity contribution is 0.645. The van der Waals surface area contributed by atoms with Crippen molar-refractivity contribution in [3.05, 3.63) is 205 Å². The molecule has 0 aromatic heterocycles. The van der Waals surface area contributed by atoms with Gasteiger partial charge in [0.05, 0.1) is 0 Å². The largest absolute Gasteiger partial charge is 0.0622 e. The molecule has 0 heterocycles. The van der Waals surface area contributed by atoms with Crippen molar-refractivity contribution in [1.29, 1.82) is 0 Å². The first-order chi connectivity index (χ1) is 27.1. The van der Waals surface area contributed by atoms with Gasteiger partial charge in [0.15, 0.2) is 0 Å². The van der Waals surface area contributed by atoms with Gasteiger partial charge in [-0.05, 0) is 122 Å². The molecule has 0 heteroatoms. The first kappa shape index (κ1) is 31.7. The third-order valence-electron chi connectivity index (χ3n) is 12.3. The average molecular weight is 699 g/mol. The predicted octanol–water partition coefficient (Wildman–Crippen LogP) is 15.3. The molecule has 11 rings (SSSR count). The molecular weight excluding hydrogens is 661 g/mol. The Hall–Kier alpha value is -6.76. The predicted molar refractivity (Wildman–Crippen MR) is 236 cm³/mol. The van der Waals surface area contributed by atoms with Gasteiger partial charge in [-0.15, -0.1) is 0 Å². The van der Waals surface area contributed by atoms with E-state index in [1.54, 1.807) is 0 Å². The van der Waals surface area contributed by atoms with E-state index in [9.17, 15) is 0 Å². The van der Waals surface area contributed by atoms with Crippen LogP contribution >= 0.6 is 0 Å². The van der Waals surface area contributed by atoms with Crippen molar-refractivity contribution in [3.63, 3.8) is 0 Å². The SMILES string of the molecule is CC1(C)c2ccccc2-c2cccc3c(-c4ccc5cc(-c6c7ccccc7c(-c7ccccc7-c7ccccc7)c7ccccc67)ccc5c4)ccc1c23. The minimum atomic E-state index is -0.0701. The Bertz CT molecular complexity index is 3100. The molecule has 1 aliphatic rings. The summed E-state index contributed by atoms with van der Waals surface area (Å²) in [7, 11) is 0. The number of rotatable bonds is 4. The third kappa shape index (κ3) is 4.78. The smallest absolute Gasteiger partial charge is 0.0159 e. The van der Waals surface area contributed by atoms with Gasteiger partial charge < -0.3 is 0 Å². The molecule has 55 heavy (non-hydrogen) atoms. The molecule has 0 unspecified atom stereocenters. The molecule has 0 saturated carbocycles. The Morgan fingerprint density at radius 2 is 0.818 bits per heavy atom. The number of hydrogen-bond donors (Lipinski definition) is 0. The van der Waals surface area contributed by atoms with Crippen LogP contribution in [0.4, 0.5) is 0 Å². The van der Waals surface area contributed by atoms with E-state index in [1.807, 2.05) is 0 Å². The van der Waals surface area contributed by atoms with E-state index in [1.165, 1.54) is 110 Å². The van der Waals surface area contributed by atoms with Crippen LogP contribution in [0.2, 0.25) is 0 Å². The van der Waals surface area contributed by atoms with Gasteiger partial charge in [0.25, 0.3) is 0 Å². The maximum absolute atomic E-state index is 2.39. The average Bonchev–Trinajstić information content (AvgIpc) is 3.24. The highest BCUT2D eigenvalue weighted by Crippen LogP contribution is 2.51. The topological polar surface area (TPSA) is 0 Å². The van der Waals surface area contributed by atoms with E-state index in [0.29, 0.717) is 0 Å². The lowest BCUT2D eigenvalue weighted by Crippen LogP contribution is -2.23. The van der Waals surface area contributed by atoms with Crippen molar-refractivity contribution < 1.29 is 0 Å². The third-order valence-corrected chi connectivity index (χ3v) is 12.3. The molecule has 0 aliphatic heterocycles. The second-order valence-electron chi connectivity index (χ2n) is 15.6. The Labute approximate surface area is 322 Å². The number of hydrogen-bond acceptors (Lipinski definition) is 0. The van der Waals surface area contributed by atoms with Crippen LogP contribution in [-0.2, 0) is 5.41 Å². The van der Waals surface area contributed by atoms with Gasteiger partial charge in [0, 0.05) is 5.41 Å². The fraction of sp³-hybridized carbons (Fsp3) is 0.0545. The highest BCUT2D eigenvalue weighted by atomic mass is 14.4. The summed E-state index contributed by atoms with van der Waals surface area (Å²) in [4.78, 5) is 0. The van der Waals surface area contributed by atoms with E-state index in [4.69, 9.17) is 0 Å². The Morgan fingerprint density at radius 3 is 1.53 bits per heavy atom. The monoisotopic (exact) mass is 698 g/mol. The fourth-order valence-corrected chi connectivity index (χ4v) is 9.68. The van der Waals surface area contributed by atoms with Gasteiger partial charge in [0.1, 0.15) is 0 Å². The first-order valence-corrected chi connectivity index (χ1v) is 19.4. The minimum Gasteiger partial charge on any atom is -0.0622 e. The summed E-state index contributed by atoms with van der Waals surface area (Å²) < 4.78 is 0. The van der Waals surface area contributed by atoms with Crippen LogP contribution in [0, 0.1) is 0 Å². The molecule has 0 saturated heterocycles.